The topological polar surface area (TPSA) is 87.5 Å². The highest BCUT2D eigenvalue weighted by molar-refractivity contribution is 14.1. The number of aryl methyl sites for hydroxylation is 1. The molecule has 1 aromatic heterocycles. The Morgan fingerprint density at radius 3 is 2.56 bits per heavy atom. The second-order valence-electron chi connectivity index (χ2n) is 5.35. The lowest BCUT2D eigenvalue weighted by atomic mass is 10.2. The number of aromatic carboxylic acids is 1. The van der Waals surface area contributed by atoms with Gasteiger partial charge in [-0.1, -0.05) is 12.1 Å². The molecule has 0 unspecified atom stereocenters. The van der Waals surface area contributed by atoms with Crippen LogP contribution in [0.4, 0.5) is 5.69 Å². The van der Waals surface area contributed by atoms with Gasteiger partial charge in [-0.05, 0) is 65.9 Å². The second-order valence-corrected chi connectivity index (χ2v) is 6.59. The van der Waals surface area contributed by atoms with Crippen LogP contribution >= 0.6 is 22.6 Å². The first kappa shape index (κ1) is 17.2. The molecule has 1 heterocycles. The van der Waals surface area contributed by atoms with Crippen LogP contribution in [0.2, 0.25) is 0 Å². The number of hydrogen-bond donors (Lipinski definition) is 2. The summed E-state index contributed by atoms with van der Waals surface area (Å²) in [5, 5.41) is 12.2. The molecule has 0 aliphatic rings. The number of carboxylic acid groups (broad SMARTS) is 1. The molecule has 7 heteroatoms. The van der Waals surface area contributed by atoms with Crippen LogP contribution < -0.4 is 5.56 Å². The van der Waals surface area contributed by atoms with E-state index in [1.807, 2.05) is 24.3 Å². The van der Waals surface area contributed by atoms with Crippen molar-refractivity contribution in [2.45, 2.75) is 6.92 Å². The zero-order valence-electron chi connectivity index (χ0n) is 13.2. The lowest BCUT2D eigenvalue weighted by Gasteiger charge is -2.00. The standard InChI is InChI=1S/C18H14IN3O3/c1-11-15(10-20-16-5-3-2-4-14(16)18(24)25)17(23)22(21-11)13-8-6-12(19)7-9-13/h2-10,21H,1H3,(H,24,25). The Kier molecular flexibility index (Phi) is 4.84. The van der Waals surface area contributed by atoms with E-state index in [1.165, 1.54) is 17.0 Å². The lowest BCUT2D eigenvalue weighted by molar-refractivity contribution is 0.0698. The number of para-hydroxylation sites is 1. The van der Waals surface area contributed by atoms with Gasteiger partial charge in [0.15, 0.2) is 0 Å². The van der Waals surface area contributed by atoms with Crippen LogP contribution in [0.5, 0.6) is 0 Å². The molecule has 0 spiro atoms. The first-order valence-corrected chi connectivity index (χ1v) is 8.49. The zero-order chi connectivity index (χ0) is 18.0. The summed E-state index contributed by atoms with van der Waals surface area (Å²) >= 11 is 2.20. The molecule has 2 N–H and O–H groups in total. The molecule has 25 heavy (non-hydrogen) atoms. The fourth-order valence-electron chi connectivity index (χ4n) is 2.38. The van der Waals surface area contributed by atoms with Crippen LogP contribution in [-0.2, 0) is 0 Å². The number of benzene rings is 2. The average molecular weight is 447 g/mol. The van der Waals surface area contributed by atoms with E-state index in [2.05, 4.69) is 32.7 Å². The van der Waals surface area contributed by atoms with Crippen LogP contribution in [0.25, 0.3) is 5.69 Å². The smallest absolute Gasteiger partial charge is 0.337 e. The first-order valence-electron chi connectivity index (χ1n) is 7.41. The van der Waals surface area contributed by atoms with E-state index < -0.39 is 5.97 Å². The van der Waals surface area contributed by atoms with E-state index in [9.17, 15) is 14.7 Å². The summed E-state index contributed by atoms with van der Waals surface area (Å²) in [5.41, 5.74) is 1.91. The summed E-state index contributed by atoms with van der Waals surface area (Å²) in [6.07, 6.45) is 1.40. The third-order valence-corrected chi connectivity index (χ3v) is 4.39. The number of carbonyl (C=O) groups is 1. The third kappa shape index (κ3) is 3.55. The molecule has 0 amide bonds. The van der Waals surface area contributed by atoms with Gasteiger partial charge in [-0.3, -0.25) is 14.9 Å². The van der Waals surface area contributed by atoms with Crippen molar-refractivity contribution in [1.29, 1.82) is 0 Å². The summed E-state index contributed by atoms with van der Waals surface area (Å²) in [6.45, 7) is 1.77. The summed E-state index contributed by atoms with van der Waals surface area (Å²) < 4.78 is 2.51. The Labute approximate surface area is 157 Å². The minimum Gasteiger partial charge on any atom is -0.478 e. The molecule has 6 nitrogen and oxygen atoms in total. The number of H-pyrrole nitrogens is 1. The fraction of sp³-hybridized carbons (Fsp3) is 0.0556. The molecular weight excluding hydrogens is 433 g/mol. The van der Waals surface area contributed by atoms with Crippen LogP contribution in [0.1, 0.15) is 21.6 Å². The molecule has 0 saturated heterocycles. The van der Waals surface area contributed by atoms with Crippen LogP contribution in [0, 0.1) is 10.5 Å². The van der Waals surface area contributed by atoms with Crippen molar-refractivity contribution in [3.05, 3.63) is 79.3 Å². The molecule has 2 aromatic carbocycles. The Morgan fingerprint density at radius 1 is 1.20 bits per heavy atom. The lowest BCUT2D eigenvalue weighted by Crippen LogP contribution is -2.17. The Balaban J connectivity index is 2.01. The summed E-state index contributed by atoms with van der Waals surface area (Å²) in [6, 6.07) is 13.9. The van der Waals surface area contributed by atoms with Crippen molar-refractivity contribution in [3.63, 3.8) is 0 Å². The van der Waals surface area contributed by atoms with E-state index in [0.717, 1.165) is 9.26 Å². The number of carboxylic acids is 1. The van der Waals surface area contributed by atoms with Crippen molar-refractivity contribution < 1.29 is 9.90 Å². The molecule has 0 bridgehead atoms. The van der Waals surface area contributed by atoms with Crippen molar-refractivity contribution in [2.24, 2.45) is 4.99 Å². The highest BCUT2D eigenvalue weighted by Gasteiger charge is 2.12. The van der Waals surface area contributed by atoms with Gasteiger partial charge >= 0.3 is 5.97 Å². The van der Waals surface area contributed by atoms with Gasteiger partial charge in [-0.15, -0.1) is 0 Å². The number of aromatic amines is 1. The van der Waals surface area contributed by atoms with Gasteiger partial charge in [0.2, 0.25) is 0 Å². The van der Waals surface area contributed by atoms with Gasteiger partial charge in [0, 0.05) is 15.5 Å². The number of nitrogens with one attached hydrogen (secondary N) is 1. The van der Waals surface area contributed by atoms with Crippen molar-refractivity contribution in [2.75, 3.05) is 0 Å². The van der Waals surface area contributed by atoms with E-state index >= 15 is 0 Å². The third-order valence-electron chi connectivity index (χ3n) is 3.67. The van der Waals surface area contributed by atoms with Gasteiger partial charge in [-0.25, -0.2) is 9.48 Å². The largest absolute Gasteiger partial charge is 0.478 e. The maximum Gasteiger partial charge on any atom is 0.337 e. The molecule has 3 rings (SSSR count). The fourth-order valence-corrected chi connectivity index (χ4v) is 2.74. The predicted octanol–water partition coefficient (Wildman–Crippen LogP) is 3.53. The molecule has 0 saturated carbocycles. The van der Waals surface area contributed by atoms with E-state index in [4.69, 9.17) is 0 Å². The van der Waals surface area contributed by atoms with Crippen LogP contribution in [0.3, 0.4) is 0 Å². The van der Waals surface area contributed by atoms with Gasteiger partial charge in [-0.2, -0.15) is 0 Å². The number of aromatic nitrogens is 2. The zero-order valence-corrected chi connectivity index (χ0v) is 15.4. The monoisotopic (exact) mass is 447 g/mol. The minimum atomic E-state index is -1.06. The molecular formula is C18H14IN3O3. The van der Waals surface area contributed by atoms with Crippen molar-refractivity contribution >= 4 is 40.5 Å². The van der Waals surface area contributed by atoms with E-state index in [-0.39, 0.29) is 11.1 Å². The average Bonchev–Trinajstić information content (AvgIpc) is 2.88. The first-order chi connectivity index (χ1) is 12.0. The van der Waals surface area contributed by atoms with Gasteiger partial charge in [0.1, 0.15) is 0 Å². The molecule has 0 atom stereocenters. The molecule has 3 aromatic rings. The van der Waals surface area contributed by atoms with Gasteiger partial charge in [0.25, 0.3) is 5.56 Å². The number of rotatable bonds is 4. The number of hydrogen-bond acceptors (Lipinski definition) is 3. The van der Waals surface area contributed by atoms with E-state index in [1.54, 1.807) is 25.1 Å². The molecule has 0 aliphatic heterocycles. The molecule has 0 fully saturated rings. The molecule has 126 valence electrons. The predicted molar refractivity (Wildman–Crippen MR) is 104 cm³/mol. The van der Waals surface area contributed by atoms with Gasteiger partial charge < -0.3 is 5.11 Å². The maximum atomic E-state index is 12.6. The number of halogens is 1. The summed E-state index contributed by atoms with van der Waals surface area (Å²) in [5.74, 6) is -1.06. The quantitative estimate of drug-likeness (QED) is 0.474. The Morgan fingerprint density at radius 2 is 1.88 bits per heavy atom. The second kappa shape index (κ2) is 7.06. The van der Waals surface area contributed by atoms with Crippen LogP contribution in [0.15, 0.2) is 58.3 Å². The molecule has 0 radical (unpaired) electrons. The molecule has 0 aliphatic carbocycles. The highest BCUT2D eigenvalue weighted by Crippen LogP contribution is 2.18. The number of nitrogens with zero attached hydrogens (tertiary/aromatic N) is 2. The van der Waals surface area contributed by atoms with Crippen molar-refractivity contribution in [1.82, 2.24) is 9.78 Å². The highest BCUT2D eigenvalue weighted by atomic mass is 127. The summed E-state index contributed by atoms with van der Waals surface area (Å²) in [7, 11) is 0. The number of aliphatic imine (C=N–C) groups is 1. The SMILES string of the molecule is Cc1[nH]n(-c2ccc(I)cc2)c(=O)c1C=Nc1ccccc1C(=O)O. The van der Waals surface area contributed by atoms with Crippen LogP contribution in [-0.4, -0.2) is 27.1 Å². The van der Waals surface area contributed by atoms with E-state index in [0.29, 0.717) is 16.9 Å². The normalized spacial score (nSPS) is 11.1. The Bertz CT molecular complexity index is 1020. The maximum absolute atomic E-state index is 12.6. The van der Waals surface area contributed by atoms with Gasteiger partial charge in [0.05, 0.1) is 22.5 Å². The summed E-state index contributed by atoms with van der Waals surface area (Å²) in [4.78, 5) is 28.1. The van der Waals surface area contributed by atoms with Crippen molar-refractivity contribution in [3.8, 4) is 5.69 Å². The minimum absolute atomic E-state index is 0.0879. The Hall–Kier alpha value is -2.68.